The number of phenols is 1. The SMILES string of the molecule is CCCN(CCI)C1=C(F)CNC(N/N=C/c2cc(Br)cc(Cl)c2O)=N1. The molecule has 0 aromatic heterocycles. The van der Waals surface area contributed by atoms with Crippen molar-refractivity contribution in [3.63, 3.8) is 0 Å². The molecule has 0 spiro atoms. The van der Waals surface area contributed by atoms with Crippen LogP contribution < -0.4 is 10.7 Å². The summed E-state index contributed by atoms with van der Waals surface area (Å²) in [5, 5.41) is 17.0. The largest absolute Gasteiger partial charge is 0.506 e. The molecule has 2 rings (SSSR count). The summed E-state index contributed by atoms with van der Waals surface area (Å²) in [6.07, 6.45) is 2.32. The number of hydrogen-bond donors (Lipinski definition) is 3. The molecule has 0 unspecified atom stereocenters. The molecule has 6 nitrogen and oxygen atoms in total. The van der Waals surface area contributed by atoms with Crippen LogP contribution in [0, 0.1) is 0 Å². The Labute approximate surface area is 178 Å². The second-order valence-electron chi connectivity index (χ2n) is 5.41. The van der Waals surface area contributed by atoms with Crippen molar-refractivity contribution in [1.29, 1.82) is 0 Å². The van der Waals surface area contributed by atoms with Crippen molar-refractivity contribution in [2.75, 3.05) is 24.1 Å². The number of guanidine groups is 1. The van der Waals surface area contributed by atoms with E-state index in [2.05, 4.69) is 59.4 Å². The van der Waals surface area contributed by atoms with Crippen LogP contribution in [-0.4, -0.2) is 46.2 Å². The van der Waals surface area contributed by atoms with E-state index in [1.807, 2.05) is 11.8 Å². The van der Waals surface area contributed by atoms with Crippen LogP contribution in [0.5, 0.6) is 5.75 Å². The Morgan fingerprint density at radius 2 is 2.31 bits per heavy atom. The highest BCUT2D eigenvalue weighted by molar-refractivity contribution is 14.1. The summed E-state index contributed by atoms with van der Waals surface area (Å²) in [6.45, 7) is 3.55. The van der Waals surface area contributed by atoms with Crippen molar-refractivity contribution in [3.8, 4) is 5.75 Å². The predicted octanol–water partition coefficient (Wildman–Crippen LogP) is 3.98. The summed E-state index contributed by atoms with van der Waals surface area (Å²) in [5.74, 6) is 0.303. The van der Waals surface area contributed by atoms with Crippen LogP contribution >= 0.6 is 50.1 Å². The first-order chi connectivity index (χ1) is 12.5. The van der Waals surface area contributed by atoms with Crippen LogP contribution in [0.3, 0.4) is 0 Å². The average Bonchev–Trinajstić information content (AvgIpc) is 2.60. The van der Waals surface area contributed by atoms with Gasteiger partial charge in [-0.1, -0.05) is 57.0 Å². The smallest absolute Gasteiger partial charge is 0.219 e. The third kappa shape index (κ3) is 5.71. The molecule has 0 fully saturated rings. The molecule has 3 N–H and O–H groups in total. The lowest BCUT2D eigenvalue weighted by Crippen LogP contribution is -2.40. The van der Waals surface area contributed by atoms with Gasteiger partial charge in [-0.3, -0.25) is 0 Å². The summed E-state index contributed by atoms with van der Waals surface area (Å²) in [6, 6.07) is 3.26. The second kappa shape index (κ2) is 10.3. The molecule has 1 aromatic rings. The van der Waals surface area contributed by atoms with Gasteiger partial charge >= 0.3 is 0 Å². The normalized spacial score (nSPS) is 14.4. The Morgan fingerprint density at radius 1 is 1.54 bits per heavy atom. The van der Waals surface area contributed by atoms with E-state index in [-0.39, 0.29) is 23.1 Å². The fraction of sp³-hybridized carbons (Fsp3) is 0.375. The van der Waals surface area contributed by atoms with Gasteiger partial charge in [-0.2, -0.15) is 10.1 Å². The first kappa shape index (κ1) is 21.2. The zero-order valence-corrected chi connectivity index (χ0v) is 18.6. The number of phenolic OH excluding ortho intramolecular Hbond substituents is 1. The number of halogens is 4. The van der Waals surface area contributed by atoms with Crippen LogP contribution in [0.4, 0.5) is 4.39 Å². The molecule has 0 aliphatic carbocycles. The summed E-state index contributed by atoms with van der Waals surface area (Å²) in [5.41, 5.74) is 3.17. The van der Waals surface area contributed by atoms with Crippen LogP contribution in [0.15, 0.2) is 38.3 Å². The fourth-order valence-electron chi connectivity index (χ4n) is 2.30. The Morgan fingerprint density at radius 3 is 3.00 bits per heavy atom. The molecular formula is C16H19BrClFIN5O. The molecule has 0 radical (unpaired) electrons. The number of benzene rings is 1. The Kier molecular flexibility index (Phi) is 8.42. The number of nitrogens with zero attached hydrogens (tertiary/aromatic N) is 3. The number of nitrogens with one attached hydrogen (secondary N) is 2. The van der Waals surface area contributed by atoms with Gasteiger partial charge in [0.2, 0.25) is 5.96 Å². The van der Waals surface area contributed by atoms with E-state index in [0.717, 1.165) is 28.4 Å². The van der Waals surface area contributed by atoms with Crippen LogP contribution in [0.2, 0.25) is 5.02 Å². The van der Waals surface area contributed by atoms with Gasteiger partial charge in [-0.05, 0) is 18.6 Å². The van der Waals surface area contributed by atoms with E-state index < -0.39 is 0 Å². The number of hydrogen-bond acceptors (Lipinski definition) is 6. The molecule has 26 heavy (non-hydrogen) atoms. The van der Waals surface area contributed by atoms with E-state index in [1.54, 1.807) is 12.1 Å². The quantitative estimate of drug-likeness (QED) is 0.205. The van der Waals surface area contributed by atoms with Crippen molar-refractivity contribution in [2.45, 2.75) is 13.3 Å². The molecule has 0 saturated heterocycles. The van der Waals surface area contributed by atoms with Crippen molar-refractivity contribution >= 4 is 62.3 Å². The minimum atomic E-state index is -0.297. The first-order valence-electron chi connectivity index (χ1n) is 7.95. The molecule has 1 aliphatic heterocycles. The fourth-order valence-corrected chi connectivity index (χ4v) is 3.71. The summed E-state index contributed by atoms with van der Waals surface area (Å²) in [4.78, 5) is 6.22. The zero-order chi connectivity index (χ0) is 19.1. The van der Waals surface area contributed by atoms with Gasteiger partial charge in [0.15, 0.2) is 11.6 Å². The minimum absolute atomic E-state index is 0.0477. The third-order valence-electron chi connectivity index (χ3n) is 3.45. The van der Waals surface area contributed by atoms with Gasteiger partial charge in [0.25, 0.3) is 0 Å². The Hall–Kier alpha value is -1.07. The second-order valence-corrected chi connectivity index (χ2v) is 7.82. The maximum Gasteiger partial charge on any atom is 0.219 e. The van der Waals surface area contributed by atoms with Gasteiger partial charge < -0.3 is 15.3 Å². The minimum Gasteiger partial charge on any atom is -0.506 e. The lowest BCUT2D eigenvalue weighted by Gasteiger charge is -2.27. The maximum absolute atomic E-state index is 14.2. The lowest BCUT2D eigenvalue weighted by molar-refractivity contribution is 0.341. The summed E-state index contributed by atoms with van der Waals surface area (Å²) >= 11 is 11.5. The van der Waals surface area contributed by atoms with E-state index in [1.165, 1.54) is 6.21 Å². The molecule has 0 amide bonds. The maximum atomic E-state index is 14.2. The number of alkyl halides is 1. The van der Waals surface area contributed by atoms with E-state index in [4.69, 9.17) is 11.6 Å². The topological polar surface area (TPSA) is 72.2 Å². The summed E-state index contributed by atoms with van der Waals surface area (Å²) < 4.78 is 15.8. The highest BCUT2D eigenvalue weighted by Gasteiger charge is 2.19. The molecule has 1 heterocycles. The molecule has 1 aromatic carbocycles. The van der Waals surface area contributed by atoms with Crippen LogP contribution in [0.1, 0.15) is 18.9 Å². The predicted molar refractivity (Wildman–Crippen MR) is 116 cm³/mol. The lowest BCUT2D eigenvalue weighted by atomic mass is 10.2. The van der Waals surface area contributed by atoms with Gasteiger partial charge in [0.05, 0.1) is 17.8 Å². The monoisotopic (exact) mass is 557 g/mol. The number of aromatic hydroxyl groups is 1. The molecular weight excluding hydrogens is 539 g/mol. The van der Waals surface area contributed by atoms with E-state index in [9.17, 15) is 9.50 Å². The van der Waals surface area contributed by atoms with Crippen molar-refractivity contribution in [3.05, 3.63) is 38.8 Å². The molecule has 0 bridgehead atoms. The molecule has 1 aliphatic rings. The van der Waals surface area contributed by atoms with Crippen LogP contribution in [-0.2, 0) is 0 Å². The van der Waals surface area contributed by atoms with Gasteiger partial charge in [-0.15, -0.1) is 0 Å². The Bertz CT molecular complexity index is 738. The summed E-state index contributed by atoms with van der Waals surface area (Å²) in [7, 11) is 0. The molecule has 0 atom stereocenters. The Balaban J connectivity index is 2.13. The van der Waals surface area contributed by atoms with Gasteiger partial charge in [-0.25, -0.2) is 9.82 Å². The first-order valence-corrected chi connectivity index (χ1v) is 10.6. The van der Waals surface area contributed by atoms with Crippen molar-refractivity contribution in [1.82, 2.24) is 15.6 Å². The van der Waals surface area contributed by atoms with E-state index >= 15 is 0 Å². The number of rotatable bonds is 7. The van der Waals surface area contributed by atoms with Gasteiger partial charge in [0.1, 0.15) is 5.75 Å². The average molecular weight is 559 g/mol. The molecule has 0 saturated carbocycles. The van der Waals surface area contributed by atoms with E-state index in [0.29, 0.717) is 17.3 Å². The number of hydrazone groups is 1. The van der Waals surface area contributed by atoms with Gasteiger partial charge in [0, 0.05) is 27.6 Å². The van der Waals surface area contributed by atoms with Crippen LogP contribution in [0.25, 0.3) is 0 Å². The van der Waals surface area contributed by atoms with Crippen molar-refractivity contribution in [2.24, 2.45) is 10.1 Å². The number of aliphatic imine (C=N–C) groups is 1. The zero-order valence-electron chi connectivity index (χ0n) is 14.1. The molecule has 10 heteroatoms. The van der Waals surface area contributed by atoms with Crippen molar-refractivity contribution < 1.29 is 9.50 Å². The highest BCUT2D eigenvalue weighted by atomic mass is 127. The third-order valence-corrected chi connectivity index (χ3v) is 4.68. The molecule has 142 valence electrons. The highest BCUT2D eigenvalue weighted by Crippen LogP contribution is 2.30. The standard InChI is InChI=1S/C16H19BrClFIN5O/c1-2-4-25(5-3-20)15-13(19)9-21-16(23-15)24-22-8-10-6-11(17)7-12(18)14(10)26/h6-8,26H,2-5,9H2,1H3,(H2,21,23,24)/b22-8+.